The van der Waals surface area contributed by atoms with Gasteiger partial charge >= 0.3 is 0 Å². The molecule has 0 unspecified atom stereocenters. The van der Waals surface area contributed by atoms with Crippen molar-refractivity contribution in [2.24, 2.45) is 0 Å². The molecular weight excluding hydrogens is 309 g/mol. The summed E-state index contributed by atoms with van der Waals surface area (Å²) in [4.78, 5) is 14.4. The zero-order valence-corrected chi connectivity index (χ0v) is 14.0. The van der Waals surface area contributed by atoms with Crippen molar-refractivity contribution in [3.05, 3.63) is 52.7 Å². The molecule has 5 nitrogen and oxygen atoms in total. The molecule has 1 aromatic carbocycles. The topological polar surface area (TPSA) is 58.4 Å². The van der Waals surface area contributed by atoms with Crippen molar-refractivity contribution in [2.45, 2.75) is 39.3 Å². The minimum absolute atomic E-state index is 0.0224. The third-order valence-electron chi connectivity index (χ3n) is 4.48. The first kappa shape index (κ1) is 16.6. The molecule has 0 spiro atoms. The van der Waals surface area contributed by atoms with Crippen molar-refractivity contribution in [3.8, 4) is 0 Å². The van der Waals surface area contributed by atoms with E-state index in [2.05, 4.69) is 15.4 Å². The number of nitrogens with zero attached hydrogens (tertiary/aromatic N) is 2. The van der Waals surface area contributed by atoms with Gasteiger partial charge in [0.05, 0.1) is 12.1 Å². The first-order valence-electron chi connectivity index (χ1n) is 8.19. The number of aromatic nitrogens is 1. The van der Waals surface area contributed by atoms with Crippen LogP contribution in [0.15, 0.2) is 28.8 Å². The zero-order chi connectivity index (χ0) is 17.1. The smallest absolute Gasteiger partial charge is 0.224 e. The number of likely N-dealkylation sites (tertiary alicyclic amines) is 1. The molecule has 2 aromatic rings. The van der Waals surface area contributed by atoms with E-state index in [-0.39, 0.29) is 24.2 Å². The normalized spacial score (nSPS) is 18.0. The van der Waals surface area contributed by atoms with Crippen LogP contribution < -0.4 is 5.32 Å². The number of hydrogen-bond acceptors (Lipinski definition) is 4. The van der Waals surface area contributed by atoms with Gasteiger partial charge in [0.2, 0.25) is 5.91 Å². The summed E-state index contributed by atoms with van der Waals surface area (Å²) < 4.78 is 18.1. The lowest BCUT2D eigenvalue weighted by atomic mass is 10.1. The molecule has 2 heterocycles. The predicted molar refractivity (Wildman–Crippen MR) is 87.9 cm³/mol. The van der Waals surface area contributed by atoms with Crippen LogP contribution in [0.2, 0.25) is 0 Å². The Morgan fingerprint density at radius 3 is 2.79 bits per heavy atom. The summed E-state index contributed by atoms with van der Waals surface area (Å²) in [5.41, 5.74) is 2.88. The average molecular weight is 331 g/mol. The Labute approximate surface area is 140 Å². The highest BCUT2D eigenvalue weighted by atomic mass is 19.1. The van der Waals surface area contributed by atoms with Crippen LogP contribution in [-0.4, -0.2) is 35.1 Å². The van der Waals surface area contributed by atoms with Gasteiger partial charge < -0.3 is 9.84 Å². The number of amides is 1. The van der Waals surface area contributed by atoms with E-state index in [1.165, 1.54) is 12.1 Å². The molecule has 128 valence electrons. The van der Waals surface area contributed by atoms with Gasteiger partial charge in [0.25, 0.3) is 0 Å². The van der Waals surface area contributed by atoms with Crippen LogP contribution in [0.3, 0.4) is 0 Å². The van der Waals surface area contributed by atoms with Gasteiger partial charge in [-0.1, -0.05) is 17.3 Å². The molecule has 0 radical (unpaired) electrons. The van der Waals surface area contributed by atoms with Crippen LogP contribution in [0.5, 0.6) is 0 Å². The molecule has 1 amide bonds. The second-order valence-electron chi connectivity index (χ2n) is 6.39. The fraction of sp³-hybridized carbons (Fsp3) is 0.444. The Morgan fingerprint density at radius 1 is 1.38 bits per heavy atom. The van der Waals surface area contributed by atoms with Gasteiger partial charge in [-0.3, -0.25) is 9.69 Å². The fourth-order valence-electron chi connectivity index (χ4n) is 3.11. The predicted octanol–water partition coefficient (Wildman–Crippen LogP) is 2.36. The molecule has 0 saturated carbocycles. The van der Waals surface area contributed by atoms with Crippen LogP contribution in [0.1, 0.15) is 29.0 Å². The summed E-state index contributed by atoms with van der Waals surface area (Å²) in [5.74, 6) is 0.548. The lowest BCUT2D eigenvalue weighted by Crippen LogP contribution is -2.37. The largest absolute Gasteiger partial charge is 0.361 e. The molecule has 1 atom stereocenters. The second kappa shape index (κ2) is 7.13. The number of hydrogen-bond donors (Lipinski definition) is 1. The SMILES string of the molecule is Cc1noc(C)c1CN1CC[C@@H](NC(=O)Cc2ccc(F)cc2)C1. The molecule has 1 saturated heterocycles. The highest BCUT2D eigenvalue weighted by Crippen LogP contribution is 2.18. The molecule has 0 bridgehead atoms. The van der Waals surface area contributed by atoms with Gasteiger partial charge in [-0.05, 0) is 38.0 Å². The summed E-state index contributed by atoms with van der Waals surface area (Å²) in [5, 5.41) is 7.05. The number of aryl methyl sites for hydroxylation is 2. The molecule has 24 heavy (non-hydrogen) atoms. The van der Waals surface area contributed by atoms with Crippen molar-refractivity contribution in [3.63, 3.8) is 0 Å². The molecule has 6 heteroatoms. The van der Waals surface area contributed by atoms with Crippen LogP contribution in [0, 0.1) is 19.7 Å². The Kier molecular flexibility index (Phi) is 4.94. The summed E-state index contributed by atoms with van der Waals surface area (Å²) in [6.07, 6.45) is 1.21. The van der Waals surface area contributed by atoms with Gasteiger partial charge in [0.1, 0.15) is 11.6 Å². The second-order valence-corrected chi connectivity index (χ2v) is 6.39. The first-order chi connectivity index (χ1) is 11.5. The van der Waals surface area contributed by atoms with E-state index in [4.69, 9.17) is 4.52 Å². The molecule has 1 N–H and O–H groups in total. The maximum absolute atomic E-state index is 12.9. The van der Waals surface area contributed by atoms with Gasteiger partial charge in [-0.25, -0.2) is 4.39 Å². The van der Waals surface area contributed by atoms with Crippen molar-refractivity contribution >= 4 is 5.91 Å². The lowest BCUT2D eigenvalue weighted by Gasteiger charge is -2.16. The Morgan fingerprint density at radius 2 is 2.12 bits per heavy atom. The van der Waals surface area contributed by atoms with Crippen LogP contribution >= 0.6 is 0 Å². The third kappa shape index (κ3) is 4.00. The van der Waals surface area contributed by atoms with E-state index in [0.29, 0.717) is 0 Å². The van der Waals surface area contributed by atoms with E-state index >= 15 is 0 Å². The minimum Gasteiger partial charge on any atom is -0.361 e. The molecular formula is C18H22FN3O2. The quantitative estimate of drug-likeness (QED) is 0.914. The van der Waals surface area contributed by atoms with Crippen molar-refractivity contribution in [1.29, 1.82) is 0 Å². The Balaban J connectivity index is 1.49. The van der Waals surface area contributed by atoms with Gasteiger partial charge in [-0.2, -0.15) is 0 Å². The summed E-state index contributed by atoms with van der Waals surface area (Å²) in [6.45, 7) is 6.42. The van der Waals surface area contributed by atoms with E-state index in [9.17, 15) is 9.18 Å². The first-order valence-corrected chi connectivity index (χ1v) is 8.19. The van der Waals surface area contributed by atoms with Crippen molar-refractivity contribution in [1.82, 2.24) is 15.4 Å². The molecule has 1 fully saturated rings. The van der Waals surface area contributed by atoms with Crippen molar-refractivity contribution in [2.75, 3.05) is 13.1 Å². The summed E-state index contributed by atoms with van der Waals surface area (Å²) >= 11 is 0. The number of nitrogens with one attached hydrogen (secondary N) is 1. The van der Waals surface area contributed by atoms with Crippen LogP contribution in [0.4, 0.5) is 4.39 Å². The fourth-order valence-corrected chi connectivity index (χ4v) is 3.11. The number of carbonyl (C=O) groups is 1. The van der Waals surface area contributed by atoms with Crippen LogP contribution in [0.25, 0.3) is 0 Å². The average Bonchev–Trinajstić information content (AvgIpc) is 3.11. The maximum atomic E-state index is 12.9. The van der Waals surface area contributed by atoms with E-state index < -0.39 is 0 Å². The minimum atomic E-state index is -0.287. The lowest BCUT2D eigenvalue weighted by molar-refractivity contribution is -0.121. The van der Waals surface area contributed by atoms with E-state index in [1.807, 2.05) is 13.8 Å². The maximum Gasteiger partial charge on any atom is 0.224 e. The molecule has 1 aliphatic heterocycles. The highest BCUT2D eigenvalue weighted by molar-refractivity contribution is 5.78. The Bertz CT molecular complexity index is 692. The van der Waals surface area contributed by atoms with Crippen LogP contribution in [-0.2, 0) is 17.8 Å². The zero-order valence-electron chi connectivity index (χ0n) is 14.0. The Hall–Kier alpha value is -2.21. The van der Waals surface area contributed by atoms with Crippen molar-refractivity contribution < 1.29 is 13.7 Å². The number of benzene rings is 1. The standard InChI is InChI=1S/C18H22FN3O2/c1-12-17(13(2)24-21-12)11-22-8-7-16(10-22)20-18(23)9-14-3-5-15(19)6-4-14/h3-6,16H,7-11H2,1-2H3,(H,20,23)/t16-/m1/s1. The summed E-state index contributed by atoms with van der Waals surface area (Å²) in [7, 11) is 0. The number of carbonyl (C=O) groups excluding carboxylic acids is 1. The van der Waals surface area contributed by atoms with Gasteiger partial charge in [-0.15, -0.1) is 0 Å². The van der Waals surface area contributed by atoms with E-state index in [0.717, 1.165) is 48.6 Å². The van der Waals surface area contributed by atoms with Gasteiger partial charge in [0, 0.05) is 31.2 Å². The van der Waals surface area contributed by atoms with Gasteiger partial charge in [0.15, 0.2) is 0 Å². The van der Waals surface area contributed by atoms with E-state index in [1.54, 1.807) is 12.1 Å². The number of rotatable bonds is 5. The monoisotopic (exact) mass is 331 g/mol. The summed E-state index contributed by atoms with van der Waals surface area (Å²) in [6, 6.07) is 6.20. The molecule has 0 aliphatic carbocycles. The molecule has 3 rings (SSSR count). The molecule has 1 aliphatic rings. The highest BCUT2D eigenvalue weighted by Gasteiger charge is 2.25. The third-order valence-corrected chi connectivity index (χ3v) is 4.48. The number of halogens is 1. The molecule has 1 aromatic heterocycles.